The van der Waals surface area contributed by atoms with Crippen LogP contribution in [0.1, 0.15) is 36.6 Å². The van der Waals surface area contributed by atoms with Gasteiger partial charge >= 0.3 is 0 Å². The average molecular weight is 229 g/mol. The molecule has 88 valence electrons. The third-order valence-corrected chi connectivity index (χ3v) is 3.37. The lowest BCUT2D eigenvalue weighted by atomic mass is 9.87. The second kappa shape index (κ2) is 3.84. The molecule has 0 bridgehead atoms. The number of nitrogens with zero attached hydrogens (tertiary/aromatic N) is 4. The van der Waals surface area contributed by atoms with Crippen LogP contribution in [0.15, 0.2) is 24.5 Å². The molecule has 3 heterocycles. The molecule has 2 atom stereocenters. The van der Waals surface area contributed by atoms with Crippen molar-refractivity contribution >= 4 is 5.95 Å². The van der Waals surface area contributed by atoms with Crippen molar-refractivity contribution in [1.29, 1.82) is 0 Å². The van der Waals surface area contributed by atoms with Gasteiger partial charge in [-0.25, -0.2) is 4.68 Å². The molecule has 0 amide bonds. The summed E-state index contributed by atoms with van der Waals surface area (Å²) in [6.07, 6.45) is 4.76. The zero-order valence-corrected chi connectivity index (χ0v) is 9.74. The van der Waals surface area contributed by atoms with Crippen LogP contribution >= 0.6 is 0 Å². The van der Waals surface area contributed by atoms with Crippen molar-refractivity contribution in [3.05, 3.63) is 35.9 Å². The van der Waals surface area contributed by atoms with Gasteiger partial charge in [-0.05, 0) is 24.1 Å². The Morgan fingerprint density at radius 1 is 1.35 bits per heavy atom. The third kappa shape index (κ3) is 1.77. The molecule has 0 saturated heterocycles. The van der Waals surface area contributed by atoms with Gasteiger partial charge in [-0.2, -0.15) is 4.98 Å². The van der Waals surface area contributed by atoms with Crippen molar-refractivity contribution in [2.75, 3.05) is 5.73 Å². The van der Waals surface area contributed by atoms with E-state index in [0.717, 1.165) is 18.8 Å². The predicted molar refractivity (Wildman–Crippen MR) is 64.4 cm³/mol. The van der Waals surface area contributed by atoms with Gasteiger partial charge in [-0.3, -0.25) is 4.98 Å². The van der Waals surface area contributed by atoms with Crippen LogP contribution < -0.4 is 5.73 Å². The molecule has 2 aromatic heterocycles. The van der Waals surface area contributed by atoms with Gasteiger partial charge < -0.3 is 5.73 Å². The quantitative estimate of drug-likeness (QED) is 0.805. The smallest absolute Gasteiger partial charge is 0.239 e. The van der Waals surface area contributed by atoms with Crippen LogP contribution in [0.25, 0.3) is 0 Å². The van der Waals surface area contributed by atoms with E-state index in [1.807, 2.05) is 17.1 Å². The van der Waals surface area contributed by atoms with E-state index < -0.39 is 0 Å². The number of nitrogens with two attached hydrogens (primary N) is 1. The maximum Gasteiger partial charge on any atom is 0.239 e. The highest BCUT2D eigenvalue weighted by molar-refractivity contribution is 5.22. The van der Waals surface area contributed by atoms with Crippen molar-refractivity contribution in [3.63, 3.8) is 0 Å². The molecule has 17 heavy (non-hydrogen) atoms. The van der Waals surface area contributed by atoms with E-state index in [1.54, 1.807) is 0 Å². The summed E-state index contributed by atoms with van der Waals surface area (Å²) in [5.41, 5.74) is 6.96. The maximum absolute atomic E-state index is 5.65. The standard InChI is InChI=1S/C12H15N5/c1-8-6-10(9-2-4-14-5-3-9)7-17-11(8)15-12(13)16-17/h2-5,8,10H,6-7H2,1H3,(H2,13,16). The van der Waals surface area contributed by atoms with Gasteiger partial charge in [0.05, 0.1) is 0 Å². The van der Waals surface area contributed by atoms with Crippen LogP contribution in [0.5, 0.6) is 0 Å². The number of hydrogen-bond donors (Lipinski definition) is 1. The summed E-state index contributed by atoms with van der Waals surface area (Å²) in [4.78, 5) is 8.33. The molecular formula is C12H15N5. The van der Waals surface area contributed by atoms with Gasteiger partial charge in [0, 0.05) is 30.8 Å². The van der Waals surface area contributed by atoms with Gasteiger partial charge in [0.1, 0.15) is 5.82 Å². The Labute approximate surface area is 99.7 Å². The summed E-state index contributed by atoms with van der Waals surface area (Å²) >= 11 is 0. The van der Waals surface area contributed by atoms with Crippen LogP contribution in [-0.4, -0.2) is 19.7 Å². The molecule has 0 fully saturated rings. The highest BCUT2D eigenvalue weighted by atomic mass is 15.4. The van der Waals surface area contributed by atoms with Gasteiger partial charge in [-0.15, -0.1) is 5.10 Å². The SMILES string of the molecule is CC1CC(c2ccncc2)Cn2nc(N)nc21. The van der Waals surface area contributed by atoms with Crippen molar-refractivity contribution in [3.8, 4) is 0 Å². The van der Waals surface area contributed by atoms with E-state index in [9.17, 15) is 0 Å². The van der Waals surface area contributed by atoms with E-state index >= 15 is 0 Å². The zero-order chi connectivity index (χ0) is 11.8. The van der Waals surface area contributed by atoms with Crippen molar-refractivity contribution < 1.29 is 0 Å². The molecule has 2 aromatic rings. The number of anilines is 1. The van der Waals surface area contributed by atoms with E-state index in [-0.39, 0.29) is 0 Å². The highest BCUT2D eigenvalue weighted by Crippen LogP contribution is 2.34. The fraction of sp³-hybridized carbons (Fsp3) is 0.417. The van der Waals surface area contributed by atoms with Crippen molar-refractivity contribution in [2.24, 2.45) is 0 Å². The summed E-state index contributed by atoms with van der Waals surface area (Å²) in [6, 6.07) is 4.14. The molecule has 1 aliphatic rings. The molecule has 0 aliphatic carbocycles. The Morgan fingerprint density at radius 3 is 2.88 bits per heavy atom. The Morgan fingerprint density at radius 2 is 2.12 bits per heavy atom. The van der Waals surface area contributed by atoms with E-state index in [0.29, 0.717) is 17.8 Å². The average Bonchev–Trinajstić information content (AvgIpc) is 2.71. The first-order valence-corrected chi connectivity index (χ1v) is 5.84. The third-order valence-electron chi connectivity index (χ3n) is 3.37. The number of fused-ring (bicyclic) bond motifs is 1. The molecular weight excluding hydrogens is 214 g/mol. The molecule has 2 unspecified atom stereocenters. The molecule has 3 rings (SSSR count). The first-order chi connectivity index (χ1) is 8.24. The summed E-state index contributed by atoms with van der Waals surface area (Å²) in [6.45, 7) is 3.03. The van der Waals surface area contributed by atoms with Gasteiger partial charge in [0.25, 0.3) is 0 Å². The van der Waals surface area contributed by atoms with Crippen LogP contribution in [0.4, 0.5) is 5.95 Å². The largest absolute Gasteiger partial charge is 0.366 e. The van der Waals surface area contributed by atoms with Crippen molar-refractivity contribution in [2.45, 2.75) is 31.7 Å². The molecule has 0 radical (unpaired) electrons. The second-order valence-corrected chi connectivity index (χ2v) is 4.62. The summed E-state index contributed by atoms with van der Waals surface area (Å²) in [7, 11) is 0. The number of nitrogen functional groups attached to an aromatic ring is 1. The minimum absolute atomic E-state index is 0.377. The fourth-order valence-corrected chi connectivity index (χ4v) is 2.56. The molecule has 1 aliphatic heterocycles. The summed E-state index contributed by atoms with van der Waals surface area (Å²) in [5.74, 6) is 2.25. The number of pyridine rings is 1. The zero-order valence-electron chi connectivity index (χ0n) is 9.74. The molecule has 5 heteroatoms. The summed E-state index contributed by atoms with van der Waals surface area (Å²) in [5, 5.41) is 4.25. The van der Waals surface area contributed by atoms with E-state index in [2.05, 4.69) is 34.1 Å². The lowest BCUT2D eigenvalue weighted by Crippen LogP contribution is -2.22. The number of aromatic nitrogens is 4. The van der Waals surface area contributed by atoms with E-state index in [1.165, 1.54) is 5.56 Å². The van der Waals surface area contributed by atoms with Gasteiger partial charge in [0.15, 0.2) is 0 Å². The second-order valence-electron chi connectivity index (χ2n) is 4.62. The monoisotopic (exact) mass is 229 g/mol. The molecule has 2 N–H and O–H groups in total. The topological polar surface area (TPSA) is 69.6 Å². The Balaban J connectivity index is 1.93. The minimum atomic E-state index is 0.377. The Hall–Kier alpha value is -1.91. The maximum atomic E-state index is 5.65. The molecule has 0 saturated carbocycles. The van der Waals surface area contributed by atoms with Crippen LogP contribution in [0.3, 0.4) is 0 Å². The first-order valence-electron chi connectivity index (χ1n) is 5.84. The highest BCUT2D eigenvalue weighted by Gasteiger charge is 2.27. The Bertz CT molecular complexity index is 519. The van der Waals surface area contributed by atoms with Gasteiger partial charge in [-0.1, -0.05) is 6.92 Å². The molecule has 0 spiro atoms. The Kier molecular flexibility index (Phi) is 2.31. The normalized spacial score (nSPS) is 23.4. The lowest BCUT2D eigenvalue weighted by Gasteiger charge is -2.27. The predicted octanol–water partition coefficient (Wildman–Crippen LogP) is 1.55. The van der Waals surface area contributed by atoms with Gasteiger partial charge in [0.2, 0.25) is 5.95 Å². The molecule has 5 nitrogen and oxygen atoms in total. The minimum Gasteiger partial charge on any atom is -0.366 e. The fourth-order valence-electron chi connectivity index (χ4n) is 2.56. The van der Waals surface area contributed by atoms with Crippen molar-refractivity contribution in [1.82, 2.24) is 19.7 Å². The summed E-state index contributed by atoms with van der Waals surface area (Å²) < 4.78 is 1.94. The number of rotatable bonds is 1. The number of hydrogen-bond acceptors (Lipinski definition) is 4. The van der Waals surface area contributed by atoms with Crippen LogP contribution in [0.2, 0.25) is 0 Å². The first kappa shape index (κ1) is 10.3. The lowest BCUT2D eigenvalue weighted by molar-refractivity contribution is 0.382. The van der Waals surface area contributed by atoms with Crippen LogP contribution in [-0.2, 0) is 6.54 Å². The van der Waals surface area contributed by atoms with E-state index in [4.69, 9.17) is 5.73 Å². The molecule has 0 aromatic carbocycles. The van der Waals surface area contributed by atoms with Crippen LogP contribution in [0, 0.1) is 0 Å².